The van der Waals surface area contributed by atoms with E-state index in [9.17, 15) is 27.6 Å². The standard InChI is InChI=1S/C15H12F3N7O4/c16-10-3-20-11-8(24-4-9(29-13(19)27)15(17,18)5-24)1-7(23-25(10)11)6-2-21-14(28)22-12(6)26/h1-3,9H,4-5H2,(H2,19,27)(H2,21,22,26,28)/t9-/m0/s1. The van der Waals surface area contributed by atoms with Crippen LogP contribution in [0.15, 0.2) is 28.0 Å². The van der Waals surface area contributed by atoms with Crippen molar-refractivity contribution in [3.63, 3.8) is 0 Å². The second kappa shape index (κ2) is 6.35. The molecule has 0 radical (unpaired) electrons. The van der Waals surface area contributed by atoms with Crippen LogP contribution in [0.2, 0.25) is 0 Å². The third kappa shape index (κ3) is 3.17. The molecule has 1 aliphatic heterocycles. The molecule has 1 aliphatic rings. The Bertz CT molecular complexity index is 1230. The van der Waals surface area contributed by atoms with Crippen molar-refractivity contribution < 1.29 is 22.7 Å². The van der Waals surface area contributed by atoms with Crippen LogP contribution in [0.1, 0.15) is 0 Å². The molecule has 1 atom stereocenters. The lowest BCUT2D eigenvalue weighted by molar-refractivity contribution is -0.0745. The van der Waals surface area contributed by atoms with E-state index in [2.05, 4.69) is 19.8 Å². The number of nitrogens with two attached hydrogens (primary N) is 1. The molecule has 0 aromatic carbocycles. The fraction of sp³-hybridized carbons (Fsp3) is 0.267. The Hall–Kier alpha value is -3.84. The van der Waals surface area contributed by atoms with Gasteiger partial charge in [0.05, 0.1) is 30.5 Å². The van der Waals surface area contributed by atoms with Gasteiger partial charge in [-0.05, 0) is 6.07 Å². The van der Waals surface area contributed by atoms with E-state index < -0.39 is 48.4 Å². The average molecular weight is 411 g/mol. The fourth-order valence-corrected chi connectivity index (χ4v) is 3.09. The molecule has 0 bridgehead atoms. The highest BCUT2D eigenvalue weighted by Crippen LogP contribution is 2.35. The Labute approximate surface area is 157 Å². The molecule has 0 saturated carbocycles. The minimum Gasteiger partial charge on any atom is -0.438 e. The van der Waals surface area contributed by atoms with Gasteiger partial charge in [-0.3, -0.25) is 9.78 Å². The van der Waals surface area contributed by atoms with Crippen LogP contribution in [0.4, 0.5) is 23.7 Å². The maximum atomic E-state index is 14.3. The number of imidazole rings is 1. The van der Waals surface area contributed by atoms with E-state index in [1.165, 1.54) is 6.07 Å². The molecule has 1 saturated heterocycles. The molecule has 4 heterocycles. The van der Waals surface area contributed by atoms with E-state index >= 15 is 0 Å². The van der Waals surface area contributed by atoms with Crippen LogP contribution in [0, 0.1) is 5.95 Å². The fourth-order valence-electron chi connectivity index (χ4n) is 3.09. The zero-order valence-corrected chi connectivity index (χ0v) is 14.4. The maximum absolute atomic E-state index is 14.3. The van der Waals surface area contributed by atoms with E-state index in [-0.39, 0.29) is 22.6 Å². The zero-order valence-electron chi connectivity index (χ0n) is 14.4. The van der Waals surface area contributed by atoms with Gasteiger partial charge in [-0.15, -0.1) is 0 Å². The normalized spacial score (nSPS) is 18.3. The number of anilines is 1. The van der Waals surface area contributed by atoms with E-state index in [1.54, 1.807) is 0 Å². The van der Waals surface area contributed by atoms with Gasteiger partial charge in [0.1, 0.15) is 5.69 Å². The van der Waals surface area contributed by atoms with Crippen molar-refractivity contribution in [1.29, 1.82) is 0 Å². The first-order valence-electron chi connectivity index (χ1n) is 8.11. The summed E-state index contributed by atoms with van der Waals surface area (Å²) in [6.45, 7) is -1.33. The van der Waals surface area contributed by atoms with Crippen molar-refractivity contribution in [3.8, 4) is 11.3 Å². The molecule has 1 amide bonds. The minimum atomic E-state index is -3.43. The lowest BCUT2D eigenvalue weighted by Gasteiger charge is -2.18. The molecule has 1 fully saturated rings. The molecule has 152 valence electrons. The number of halogens is 3. The Kier molecular flexibility index (Phi) is 4.06. The number of hydrogen-bond acceptors (Lipinski definition) is 7. The Morgan fingerprint density at radius 2 is 2.14 bits per heavy atom. The SMILES string of the molecule is NC(=O)O[C@H]1CN(c2cc(-c3c[nH]c(=O)[nH]c3=O)nn3c(F)cnc23)CC1(F)F. The second-order valence-corrected chi connectivity index (χ2v) is 6.28. The third-order valence-corrected chi connectivity index (χ3v) is 4.36. The summed E-state index contributed by atoms with van der Waals surface area (Å²) < 4.78 is 47.8. The number of primary amides is 1. The number of carbonyl (C=O) groups excluding carboxylic acids is 1. The van der Waals surface area contributed by atoms with Crippen molar-refractivity contribution in [2.75, 3.05) is 18.0 Å². The summed E-state index contributed by atoms with van der Waals surface area (Å²) >= 11 is 0. The first-order valence-corrected chi connectivity index (χ1v) is 8.11. The summed E-state index contributed by atoms with van der Waals surface area (Å²) in [6.07, 6.45) is -1.29. The van der Waals surface area contributed by atoms with Crippen molar-refractivity contribution in [2.24, 2.45) is 5.73 Å². The van der Waals surface area contributed by atoms with Crippen LogP contribution >= 0.6 is 0 Å². The average Bonchev–Trinajstić information content (AvgIpc) is 3.14. The molecule has 0 spiro atoms. The first kappa shape index (κ1) is 18.5. The highest BCUT2D eigenvalue weighted by molar-refractivity contribution is 5.75. The number of nitrogens with one attached hydrogen (secondary N) is 2. The van der Waals surface area contributed by atoms with Gasteiger partial charge in [-0.25, -0.2) is 23.4 Å². The highest BCUT2D eigenvalue weighted by atomic mass is 19.3. The number of ether oxygens (including phenoxy) is 1. The molecule has 3 aromatic heterocycles. The number of fused-ring (bicyclic) bond motifs is 1. The number of nitrogens with zero attached hydrogens (tertiary/aromatic N) is 4. The van der Waals surface area contributed by atoms with E-state index in [4.69, 9.17) is 5.73 Å². The van der Waals surface area contributed by atoms with Crippen molar-refractivity contribution in [1.82, 2.24) is 24.6 Å². The predicted molar refractivity (Wildman–Crippen MR) is 91.2 cm³/mol. The van der Waals surface area contributed by atoms with E-state index in [1.807, 2.05) is 4.98 Å². The van der Waals surface area contributed by atoms with Gasteiger partial charge in [0.2, 0.25) is 5.95 Å². The number of H-pyrrole nitrogens is 2. The molecule has 0 unspecified atom stereocenters. The molecule has 11 nitrogen and oxygen atoms in total. The first-order chi connectivity index (χ1) is 13.7. The number of rotatable bonds is 3. The molecule has 14 heteroatoms. The number of aromatic nitrogens is 5. The summed E-state index contributed by atoms with van der Waals surface area (Å²) in [5, 5.41) is 3.95. The van der Waals surface area contributed by atoms with E-state index in [0.29, 0.717) is 0 Å². The van der Waals surface area contributed by atoms with Gasteiger partial charge in [-0.2, -0.15) is 14.0 Å². The largest absolute Gasteiger partial charge is 0.438 e. The summed E-state index contributed by atoms with van der Waals surface area (Å²) in [5.41, 5.74) is 2.95. The monoisotopic (exact) mass is 411 g/mol. The lowest BCUT2D eigenvalue weighted by atomic mass is 10.2. The van der Waals surface area contributed by atoms with Crippen molar-refractivity contribution in [3.05, 3.63) is 45.2 Å². The van der Waals surface area contributed by atoms with Gasteiger partial charge < -0.3 is 20.4 Å². The molecular weight excluding hydrogens is 399 g/mol. The van der Waals surface area contributed by atoms with Crippen LogP contribution < -0.4 is 21.9 Å². The Balaban J connectivity index is 1.85. The minimum absolute atomic E-state index is 0.0137. The second-order valence-electron chi connectivity index (χ2n) is 6.28. The van der Waals surface area contributed by atoms with Gasteiger partial charge >= 0.3 is 17.7 Å². The summed E-state index contributed by atoms with van der Waals surface area (Å²) in [4.78, 5) is 43.4. The Morgan fingerprint density at radius 1 is 1.38 bits per heavy atom. The van der Waals surface area contributed by atoms with Crippen LogP contribution in [-0.4, -0.2) is 55.8 Å². The molecule has 4 rings (SSSR count). The van der Waals surface area contributed by atoms with Gasteiger partial charge in [0, 0.05) is 6.20 Å². The number of alkyl halides is 2. The predicted octanol–water partition coefficient (Wildman–Crippen LogP) is -0.169. The smallest absolute Gasteiger partial charge is 0.405 e. The topological polar surface area (TPSA) is 151 Å². The molecule has 3 aromatic rings. The molecule has 29 heavy (non-hydrogen) atoms. The molecular formula is C15H12F3N7O4. The summed E-state index contributed by atoms with van der Waals surface area (Å²) in [6, 6.07) is 1.24. The zero-order chi connectivity index (χ0) is 20.9. The van der Waals surface area contributed by atoms with Crippen molar-refractivity contribution >= 4 is 17.4 Å². The van der Waals surface area contributed by atoms with Crippen LogP contribution in [0.25, 0.3) is 16.9 Å². The number of amides is 1. The Morgan fingerprint density at radius 3 is 2.83 bits per heavy atom. The number of hydrogen-bond donors (Lipinski definition) is 3. The van der Waals surface area contributed by atoms with Gasteiger partial charge in [-0.1, -0.05) is 0 Å². The number of carbonyl (C=O) groups is 1. The van der Waals surface area contributed by atoms with Crippen LogP contribution in [0.5, 0.6) is 0 Å². The van der Waals surface area contributed by atoms with Crippen LogP contribution in [0.3, 0.4) is 0 Å². The van der Waals surface area contributed by atoms with Gasteiger partial charge in [0.25, 0.3) is 5.56 Å². The maximum Gasteiger partial charge on any atom is 0.405 e. The number of aromatic amines is 2. The molecule has 0 aliphatic carbocycles. The van der Waals surface area contributed by atoms with Gasteiger partial charge in [0.15, 0.2) is 11.8 Å². The quantitative estimate of drug-likeness (QED) is 0.541. The summed E-state index contributed by atoms with van der Waals surface area (Å²) in [7, 11) is 0. The molecule has 4 N–H and O–H groups in total. The summed E-state index contributed by atoms with van der Waals surface area (Å²) in [5.74, 6) is -4.34. The van der Waals surface area contributed by atoms with Crippen molar-refractivity contribution in [2.45, 2.75) is 12.0 Å². The van der Waals surface area contributed by atoms with E-state index in [0.717, 1.165) is 21.8 Å². The lowest BCUT2D eigenvalue weighted by Crippen LogP contribution is -2.37. The third-order valence-electron chi connectivity index (χ3n) is 4.36. The highest BCUT2D eigenvalue weighted by Gasteiger charge is 2.51. The van der Waals surface area contributed by atoms with Crippen LogP contribution in [-0.2, 0) is 4.74 Å².